The molecule has 19 nitrogen and oxygen atoms in total. The van der Waals surface area contributed by atoms with Gasteiger partial charge in [0.15, 0.2) is 17.4 Å². The Morgan fingerprint density at radius 2 is 2.08 bits per heavy atom. The molecule has 9 atom stereocenters. The predicted molar refractivity (Wildman–Crippen MR) is 179 cm³/mol. The fourth-order valence-electron chi connectivity index (χ4n) is 5.95. The molecule has 1 amide bonds. The highest BCUT2D eigenvalue weighted by Crippen LogP contribution is 2.57. The Kier molecular flexibility index (Phi) is 11.1. The number of hydrogen-bond donors (Lipinski definition) is 4. The maximum absolute atomic E-state index is 13.3. The van der Waals surface area contributed by atoms with Crippen LogP contribution in [-0.2, 0) is 48.5 Å². The standard InChI is InChI=1S/C28H37N9O10P2S/c1-15(2)25(38)35-28-34-24-22(26(39)36-28)32-14-37(24)27-23-16(3)20(45-27)12-43-48(40,41)46-19-10-18(33-21-5-7-30-13-31-21)9-17(19)11-44-49(50,47-23)42-8-4-6-29/h5,7,13-20,23,27H,4,8-12H2,1-3H3,(H,40,41)(H,30,31,33)(H2,34,35,36,38,39)/t16-,17-,18-,19+,20-,23-,27-,49?/m1/s1. The van der Waals surface area contributed by atoms with Gasteiger partial charge >= 0.3 is 14.5 Å². The largest absolute Gasteiger partial charge is 0.472 e. The number of phosphoric ester groups is 1. The van der Waals surface area contributed by atoms with Gasteiger partial charge in [-0.15, -0.1) is 0 Å². The van der Waals surface area contributed by atoms with Gasteiger partial charge in [-0.05, 0) is 30.7 Å². The third-order valence-corrected chi connectivity index (χ3v) is 11.9. The fraction of sp³-hybridized carbons (Fsp3) is 0.607. The second-order valence-electron chi connectivity index (χ2n) is 12.4. The van der Waals surface area contributed by atoms with E-state index in [1.165, 1.54) is 17.2 Å². The van der Waals surface area contributed by atoms with Crippen LogP contribution < -0.4 is 16.2 Å². The quantitative estimate of drug-likeness (QED) is 0.191. The smallest absolute Gasteiger partial charge is 0.367 e. The Morgan fingerprint density at radius 3 is 2.82 bits per heavy atom. The molecule has 2 unspecified atom stereocenters. The molecule has 0 aromatic carbocycles. The van der Waals surface area contributed by atoms with Gasteiger partial charge in [0.25, 0.3) is 5.56 Å². The Bertz CT molecular complexity index is 1890. The monoisotopic (exact) mass is 753 g/mol. The van der Waals surface area contributed by atoms with E-state index in [9.17, 15) is 24.3 Å². The van der Waals surface area contributed by atoms with Crippen LogP contribution >= 0.6 is 14.5 Å². The first kappa shape index (κ1) is 36.6. The average molecular weight is 754 g/mol. The van der Waals surface area contributed by atoms with Gasteiger partial charge in [-0.3, -0.25) is 33.5 Å². The number of nitrogens with one attached hydrogen (secondary N) is 3. The van der Waals surface area contributed by atoms with Crippen molar-refractivity contribution >= 4 is 55.2 Å². The lowest BCUT2D eigenvalue weighted by Gasteiger charge is -2.30. The zero-order chi connectivity index (χ0) is 35.6. The summed E-state index contributed by atoms with van der Waals surface area (Å²) in [6.07, 6.45) is 1.46. The summed E-state index contributed by atoms with van der Waals surface area (Å²) in [6, 6.07) is 3.51. The first-order valence-corrected chi connectivity index (χ1v) is 20.0. The third kappa shape index (κ3) is 8.29. The Balaban J connectivity index is 1.32. The van der Waals surface area contributed by atoms with Gasteiger partial charge < -0.3 is 28.5 Å². The van der Waals surface area contributed by atoms with Crippen molar-refractivity contribution in [1.29, 1.82) is 5.26 Å². The van der Waals surface area contributed by atoms with Crippen LogP contribution in [0.5, 0.6) is 0 Å². The lowest BCUT2D eigenvalue weighted by molar-refractivity contribution is -0.118. The second kappa shape index (κ2) is 15.2. The number of fused-ring (bicyclic) bond motifs is 4. The molecule has 22 heteroatoms. The number of phosphoric acid groups is 1. The summed E-state index contributed by atoms with van der Waals surface area (Å²) in [5.74, 6) is -1.29. The SMILES string of the molecule is CC(C)C(=O)Nc1nc2c(ncn2[C@@H]2O[C@@H]3COP(=O)(O)O[C@H]4C[C@H](Nc5ccncn5)C[C@@H]4COP(=S)(OCCC#N)O[C@@H]2[C@@H]3C)c(=O)[nH]1. The van der Waals surface area contributed by atoms with Gasteiger partial charge in [-0.2, -0.15) is 10.2 Å². The van der Waals surface area contributed by atoms with Crippen molar-refractivity contribution in [2.75, 3.05) is 30.5 Å². The molecule has 3 aromatic heterocycles. The van der Waals surface area contributed by atoms with Crippen molar-refractivity contribution in [3.63, 3.8) is 0 Å². The van der Waals surface area contributed by atoms with E-state index >= 15 is 0 Å². The lowest BCUT2D eigenvalue weighted by Crippen LogP contribution is -2.29. The molecule has 1 aliphatic carbocycles. The summed E-state index contributed by atoms with van der Waals surface area (Å²) in [6.45, 7) is 0.968. The second-order valence-corrected chi connectivity index (χ2v) is 16.8. The van der Waals surface area contributed by atoms with Crippen LogP contribution in [0.3, 0.4) is 0 Å². The number of ether oxygens (including phenoxy) is 1. The van der Waals surface area contributed by atoms with Gasteiger partial charge in [0.05, 0.1) is 50.8 Å². The molecular formula is C28H37N9O10P2S. The summed E-state index contributed by atoms with van der Waals surface area (Å²) < 4.78 is 51.1. The average Bonchev–Trinajstić information content (AvgIpc) is 3.74. The first-order chi connectivity index (χ1) is 23.8. The van der Waals surface area contributed by atoms with Crippen LogP contribution in [0, 0.1) is 29.1 Å². The van der Waals surface area contributed by atoms with E-state index in [0.29, 0.717) is 18.7 Å². The van der Waals surface area contributed by atoms with E-state index in [2.05, 4.69) is 35.6 Å². The minimum Gasteiger partial charge on any atom is -0.367 e. The summed E-state index contributed by atoms with van der Waals surface area (Å²) >= 11 is 5.90. The van der Waals surface area contributed by atoms with Crippen LogP contribution in [0.25, 0.3) is 11.2 Å². The number of rotatable bonds is 8. The lowest BCUT2D eigenvalue weighted by atomic mass is 10.0. The topological polar surface area (TPSA) is 247 Å². The van der Waals surface area contributed by atoms with E-state index in [4.69, 9.17) is 39.2 Å². The number of hydrogen-bond acceptors (Lipinski definition) is 16. The molecule has 0 radical (unpaired) electrons. The summed E-state index contributed by atoms with van der Waals surface area (Å²) in [5, 5.41) is 15.1. The molecule has 4 N–H and O–H groups in total. The molecular weight excluding hydrogens is 716 g/mol. The highest BCUT2D eigenvalue weighted by molar-refractivity contribution is 8.07. The molecule has 2 saturated heterocycles. The highest BCUT2D eigenvalue weighted by atomic mass is 32.5. The zero-order valence-corrected chi connectivity index (χ0v) is 29.9. The van der Waals surface area contributed by atoms with Crippen molar-refractivity contribution in [3.8, 4) is 6.07 Å². The first-order valence-electron chi connectivity index (χ1n) is 15.9. The van der Waals surface area contributed by atoms with E-state index in [1.807, 2.05) is 6.07 Å². The van der Waals surface area contributed by atoms with Crippen molar-refractivity contribution in [1.82, 2.24) is 29.5 Å². The fourth-order valence-corrected chi connectivity index (χ4v) is 9.13. The van der Waals surface area contributed by atoms with Crippen LogP contribution in [-0.4, -0.2) is 84.5 Å². The van der Waals surface area contributed by atoms with E-state index in [0.717, 1.165) is 0 Å². The Hall–Kier alpha value is -3.21. The number of carbonyl (C=O) groups is 1. The van der Waals surface area contributed by atoms with Crippen molar-refractivity contribution in [3.05, 3.63) is 35.3 Å². The molecule has 3 aliphatic rings. The van der Waals surface area contributed by atoms with E-state index in [1.54, 1.807) is 33.0 Å². The highest BCUT2D eigenvalue weighted by Gasteiger charge is 2.50. The number of imidazole rings is 1. The summed E-state index contributed by atoms with van der Waals surface area (Å²) in [4.78, 5) is 55.5. The summed E-state index contributed by atoms with van der Waals surface area (Å²) in [5.41, 5.74) is -0.583. The van der Waals surface area contributed by atoms with Crippen LogP contribution in [0.2, 0.25) is 0 Å². The van der Waals surface area contributed by atoms with Crippen molar-refractivity contribution < 1.29 is 41.6 Å². The molecule has 1 saturated carbocycles. The maximum Gasteiger partial charge on any atom is 0.472 e. The molecule has 50 heavy (non-hydrogen) atoms. The minimum atomic E-state index is -4.63. The number of carbonyl (C=O) groups excluding carboxylic acids is 1. The van der Waals surface area contributed by atoms with Crippen LogP contribution in [0.4, 0.5) is 11.8 Å². The minimum absolute atomic E-state index is 0.0131. The van der Waals surface area contributed by atoms with Crippen LogP contribution in [0.15, 0.2) is 29.7 Å². The molecule has 3 fully saturated rings. The molecule has 3 aromatic rings. The third-order valence-electron chi connectivity index (χ3n) is 8.57. The number of nitriles is 1. The van der Waals surface area contributed by atoms with Crippen LogP contribution in [0.1, 0.15) is 46.3 Å². The van der Waals surface area contributed by atoms with Crippen molar-refractivity contribution in [2.24, 2.45) is 17.8 Å². The Morgan fingerprint density at radius 1 is 1.26 bits per heavy atom. The molecule has 270 valence electrons. The van der Waals surface area contributed by atoms with Gasteiger partial charge in [0.1, 0.15) is 18.2 Å². The van der Waals surface area contributed by atoms with E-state index in [-0.39, 0.29) is 61.2 Å². The number of aromatic nitrogens is 6. The molecule has 2 bridgehead atoms. The van der Waals surface area contributed by atoms with Gasteiger partial charge in [-0.25, -0.2) is 19.5 Å². The molecule has 2 aliphatic heterocycles. The zero-order valence-electron chi connectivity index (χ0n) is 27.3. The van der Waals surface area contributed by atoms with E-state index < -0.39 is 56.5 Å². The normalized spacial score (nSPS) is 33.2. The Labute approximate surface area is 291 Å². The number of H-pyrrole nitrogens is 1. The maximum atomic E-state index is 13.3. The van der Waals surface area contributed by atoms with Gasteiger partial charge in [-0.1, -0.05) is 20.8 Å². The van der Waals surface area contributed by atoms with Gasteiger partial charge in [0, 0.05) is 30.0 Å². The molecule has 6 rings (SSSR count). The summed E-state index contributed by atoms with van der Waals surface area (Å²) in [7, 11) is -4.63. The molecule has 0 spiro atoms. The van der Waals surface area contributed by atoms with Gasteiger partial charge in [0.2, 0.25) is 11.9 Å². The number of anilines is 2. The number of nitrogens with zero attached hydrogens (tertiary/aromatic N) is 6. The predicted octanol–water partition coefficient (Wildman–Crippen LogP) is 3.00. The number of aromatic amines is 1. The molecule has 5 heterocycles. The van der Waals surface area contributed by atoms with Crippen molar-refractivity contribution in [2.45, 2.75) is 70.6 Å². The number of amides is 1.